The van der Waals surface area contributed by atoms with Gasteiger partial charge in [-0.3, -0.25) is 0 Å². The third-order valence-corrected chi connectivity index (χ3v) is 3.37. The van der Waals surface area contributed by atoms with E-state index in [1.54, 1.807) is 0 Å². The van der Waals surface area contributed by atoms with E-state index >= 15 is 0 Å². The summed E-state index contributed by atoms with van der Waals surface area (Å²) < 4.78 is 5.82. The minimum absolute atomic E-state index is 0.275. The van der Waals surface area contributed by atoms with Crippen LogP contribution in [-0.4, -0.2) is 19.2 Å². The van der Waals surface area contributed by atoms with Gasteiger partial charge in [0.15, 0.2) is 0 Å². The highest BCUT2D eigenvalue weighted by molar-refractivity contribution is 6.31. The van der Waals surface area contributed by atoms with E-state index in [0.717, 1.165) is 36.5 Å². The van der Waals surface area contributed by atoms with E-state index < -0.39 is 0 Å². The molecule has 2 nitrogen and oxygen atoms in total. The first kappa shape index (κ1) is 16.5. The summed E-state index contributed by atoms with van der Waals surface area (Å²) in [5.74, 6) is 0.717. The average molecular weight is 284 g/mol. The van der Waals surface area contributed by atoms with E-state index in [-0.39, 0.29) is 6.10 Å². The molecule has 0 aromatic heterocycles. The van der Waals surface area contributed by atoms with E-state index in [2.05, 4.69) is 26.1 Å². The van der Waals surface area contributed by atoms with Crippen molar-refractivity contribution < 1.29 is 4.74 Å². The van der Waals surface area contributed by atoms with Crippen LogP contribution in [0.4, 0.5) is 0 Å². The minimum atomic E-state index is 0.275. The second-order valence-electron chi connectivity index (χ2n) is 5.45. The molecule has 1 rings (SSSR count). The van der Waals surface area contributed by atoms with Crippen LogP contribution in [-0.2, 0) is 11.3 Å². The molecule has 0 spiro atoms. The molecule has 1 N–H and O–H groups in total. The largest absolute Gasteiger partial charge is 0.374 e. The van der Waals surface area contributed by atoms with Crippen molar-refractivity contribution in [3.05, 3.63) is 34.9 Å². The first-order valence-electron chi connectivity index (χ1n) is 7.15. The Morgan fingerprint density at radius 1 is 1.21 bits per heavy atom. The number of hydrogen-bond donors (Lipinski definition) is 1. The lowest BCUT2D eigenvalue weighted by atomic mass is 10.2. The second kappa shape index (κ2) is 9.35. The van der Waals surface area contributed by atoms with Crippen LogP contribution in [0.5, 0.6) is 0 Å². The van der Waals surface area contributed by atoms with Crippen LogP contribution in [0, 0.1) is 5.92 Å². The van der Waals surface area contributed by atoms with Crippen molar-refractivity contribution in [2.75, 3.05) is 13.1 Å². The molecular weight excluding hydrogens is 258 g/mol. The lowest BCUT2D eigenvalue weighted by Crippen LogP contribution is -2.21. The summed E-state index contributed by atoms with van der Waals surface area (Å²) in [7, 11) is 0. The highest BCUT2D eigenvalue weighted by atomic mass is 35.5. The third kappa shape index (κ3) is 7.56. The lowest BCUT2D eigenvalue weighted by molar-refractivity contribution is 0.0464. The van der Waals surface area contributed by atoms with Gasteiger partial charge < -0.3 is 10.1 Å². The molecule has 0 aliphatic carbocycles. The van der Waals surface area contributed by atoms with Crippen LogP contribution in [0.3, 0.4) is 0 Å². The molecule has 0 radical (unpaired) electrons. The molecule has 0 aliphatic rings. The summed E-state index contributed by atoms with van der Waals surface area (Å²) >= 11 is 6.09. The quantitative estimate of drug-likeness (QED) is 0.683. The SMILES string of the molecule is CC(C)CNCCCC(C)OCc1ccccc1Cl. The summed E-state index contributed by atoms with van der Waals surface area (Å²) in [5, 5.41) is 4.23. The Bertz CT molecular complexity index is 354. The van der Waals surface area contributed by atoms with E-state index in [0.29, 0.717) is 12.5 Å². The van der Waals surface area contributed by atoms with Gasteiger partial charge in [-0.25, -0.2) is 0 Å². The molecule has 0 amide bonds. The van der Waals surface area contributed by atoms with Gasteiger partial charge in [-0.15, -0.1) is 0 Å². The fourth-order valence-corrected chi connectivity index (χ4v) is 2.03. The van der Waals surface area contributed by atoms with Crippen LogP contribution in [0.15, 0.2) is 24.3 Å². The Hall–Kier alpha value is -0.570. The smallest absolute Gasteiger partial charge is 0.0734 e. The molecule has 1 aromatic rings. The summed E-state index contributed by atoms with van der Waals surface area (Å²) in [6.45, 7) is 9.33. The summed E-state index contributed by atoms with van der Waals surface area (Å²) in [6.07, 6.45) is 2.50. The molecule has 3 heteroatoms. The van der Waals surface area contributed by atoms with Crippen molar-refractivity contribution in [3.63, 3.8) is 0 Å². The van der Waals surface area contributed by atoms with Gasteiger partial charge >= 0.3 is 0 Å². The Morgan fingerprint density at radius 2 is 1.95 bits per heavy atom. The molecule has 0 saturated heterocycles. The molecule has 1 atom stereocenters. The number of hydrogen-bond acceptors (Lipinski definition) is 2. The van der Waals surface area contributed by atoms with Gasteiger partial charge in [0.05, 0.1) is 12.7 Å². The fraction of sp³-hybridized carbons (Fsp3) is 0.625. The standard InChI is InChI=1S/C16H26ClNO/c1-13(2)11-18-10-6-7-14(3)19-12-15-8-4-5-9-16(15)17/h4-5,8-9,13-14,18H,6-7,10-12H2,1-3H3. The molecule has 1 aromatic carbocycles. The Kier molecular flexibility index (Phi) is 8.11. The van der Waals surface area contributed by atoms with Crippen LogP contribution in [0.2, 0.25) is 5.02 Å². The lowest BCUT2D eigenvalue weighted by Gasteiger charge is -2.14. The van der Waals surface area contributed by atoms with Crippen molar-refractivity contribution >= 4 is 11.6 Å². The number of benzene rings is 1. The number of halogens is 1. The maximum atomic E-state index is 6.09. The predicted octanol–water partition coefficient (Wildman–Crippen LogP) is 4.27. The van der Waals surface area contributed by atoms with Gasteiger partial charge in [-0.1, -0.05) is 43.6 Å². The van der Waals surface area contributed by atoms with Gasteiger partial charge in [-0.05, 0) is 50.4 Å². The predicted molar refractivity (Wildman–Crippen MR) is 82.6 cm³/mol. The molecule has 0 bridgehead atoms. The first-order valence-corrected chi connectivity index (χ1v) is 7.53. The first-order chi connectivity index (χ1) is 9.09. The highest BCUT2D eigenvalue weighted by Gasteiger charge is 2.04. The summed E-state index contributed by atoms with van der Waals surface area (Å²) in [5.41, 5.74) is 1.06. The van der Waals surface area contributed by atoms with Crippen molar-refractivity contribution in [2.24, 2.45) is 5.92 Å². The Balaban J connectivity index is 2.11. The van der Waals surface area contributed by atoms with Crippen LogP contribution in [0.25, 0.3) is 0 Å². The Labute approximate surface area is 122 Å². The van der Waals surface area contributed by atoms with Crippen LogP contribution in [0.1, 0.15) is 39.2 Å². The van der Waals surface area contributed by atoms with Crippen molar-refractivity contribution in [3.8, 4) is 0 Å². The molecule has 0 heterocycles. The van der Waals surface area contributed by atoms with Crippen molar-refractivity contribution in [2.45, 2.75) is 46.3 Å². The normalized spacial score (nSPS) is 12.9. The molecule has 0 aliphatic heterocycles. The molecule has 19 heavy (non-hydrogen) atoms. The van der Waals surface area contributed by atoms with Gasteiger partial charge in [0.1, 0.15) is 0 Å². The monoisotopic (exact) mass is 283 g/mol. The van der Waals surface area contributed by atoms with E-state index in [1.807, 2.05) is 24.3 Å². The van der Waals surface area contributed by atoms with Gasteiger partial charge in [0, 0.05) is 5.02 Å². The average Bonchev–Trinajstić information content (AvgIpc) is 2.37. The van der Waals surface area contributed by atoms with Crippen molar-refractivity contribution in [1.82, 2.24) is 5.32 Å². The van der Waals surface area contributed by atoms with E-state index in [4.69, 9.17) is 16.3 Å². The van der Waals surface area contributed by atoms with Crippen molar-refractivity contribution in [1.29, 1.82) is 0 Å². The molecule has 1 unspecified atom stereocenters. The number of ether oxygens (including phenoxy) is 1. The van der Waals surface area contributed by atoms with Crippen LogP contribution < -0.4 is 5.32 Å². The fourth-order valence-electron chi connectivity index (χ4n) is 1.84. The molecule has 0 saturated carbocycles. The molecular formula is C16H26ClNO. The van der Waals surface area contributed by atoms with Gasteiger partial charge in [0.2, 0.25) is 0 Å². The summed E-state index contributed by atoms with van der Waals surface area (Å²) in [6, 6.07) is 7.85. The molecule has 0 fully saturated rings. The van der Waals surface area contributed by atoms with Gasteiger partial charge in [-0.2, -0.15) is 0 Å². The second-order valence-corrected chi connectivity index (χ2v) is 5.86. The molecule has 108 valence electrons. The Morgan fingerprint density at radius 3 is 2.63 bits per heavy atom. The minimum Gasteiger partial charge on any atom is -0.374 e. The topological polar surface area (TPSA) is 21.3 Å². The van der Waals surface area contributed by atoms with Gasteiger partial charge in [0.25, 0.3) is 0 Å². The number of rotatable bonds is 9. The van der Waals surface area contributed by atoms with E-state index in [1.165, 1.54) is 0 Å². The maximum absolute atomic E-state index is 6.09. The zero-order chi connectivity index (χ0) is 14.1. The van der Waals surface area contributed by atoms with E-state index in [9.17, 15) is 0 Å². The highest BCUT2D eigenvalue weighted by Crippen LogP contribution is 2.17. The summed E-state index contributed by atoms with van der Waals surface area (Å²) in [4.78, 5) is 0. The zero-order valence-corrected chi connectivity index (χ0v) is 13.0. The number of nitrogens with one attached hydrogen (secondary N) is 1. The maximum Gasteiger partial charge on any atom is 0.0734 e. The zero-order valence-electron chi connectivity index (χ0n) is 12.3. The van der Waals surface area contributed by atoms with Crippen LogP contribution >= 0.6 is 11.6 Å². The third-order valence-electron chi connectivity index (χ3n) is 3.00.